The second kappa shape index (κ2) is 5.50. The first-order valence-corrected chi connectivity index (χ1v) is 5.94. The average molecular weight is 239 g/mol. The zero-order valence-corrected chi connectivity index (χ0v) is 11.0. The van der Waals surface area contributed by atoms with Crippen LogP contribution in [0.3, 0.4) is 0 Å². The fourth-order valence-corrected chi connectivity index (χ4v) is 1.86. The monoisotopic (exact) mass is 239 g/mol. The summed E-state index contributed by atoms with van der Waals surface area (Å²) in [5.74, 6) is 0.860. The van der Waals surface area contributed by atoms with E-state index in [0.717, 1.165) is 17.0 Å². The number of rotatable bonds is 3. The Balaban J connectivity index is 2.18. The highest BCUT2D eigenvalue weighted by molar-refractivity contribution is 5.82. The van der Waals surface area contributed by atoms with Gasteiger partial charge in [0.25, 0.3) is 0 Å². The SMILES string of the molecule is COc1ccc(C=Nc2cc(C)cc(C)c2)cc1. The third-order valence-electron chi connectivity index (χ3n) is 2.68. The highest BCUT2D eigenvalue weighted by Gasteiger charge is 1.94. The van der Waals surface area contributed by atoms with Crippen LogP contribution in [-0.4, -0.2) is 13.3 Å². The molecule has 2 aromatic rings. The Kier molecular flexibility index (Phi) is 3.78. The Morgan fingerprint density at radius 1 is 0.944 bits per heavy atom. The predicted molar refractivity (Wildman–Crippen MR) is 76.2 cm³/mol. The van der Waals surface area contributed by atoms with Crippen LogP contribution in [0.4, 0.5) is 5.69 Å². The Morgan fingerprint density at radius 3 is 2.11 bits per heavy atom. The van der Waals surface area contributed by atoms with E-state index in [0.29, 0.717) is 0 Å². The Bertz CT molecular complexity index is 536. The summed E-state index contributed by atoms with van der Waals surface area (Å²) < 4.78 is 5.12. The van der Waals surface area contributed by atoms with Crippen LogP contribution in [0.1, 0.15) is 16.7 Å². The molecule has 0 N–H and O–H groups in total. The van der Waals surface area contributed by atoms with Crippen molar-refractivity contribution in [3.05, 3.63) is 59.2 Å². The maximum absolute atomic E-state index is 5.12. The molecule has 0 fully saturated rings. The Hall–Kier alpha value is -2.09. The van der Waals surface area contributed by atoms with Crippen molar-refractivity contribution < 1.29 is 4.74 Å². The van der Waals surface area contributed by atoms with Crippen molar-refractivity contribution in [2.24, 2.45) is 4.99 Å². The lowest BCUT2D eigenvalue weighted by molar-refractivity contribution is 0.415. The number of ether oxygens (including phenoxy) is 1. The van der Waals surface area contributed by atoms with Crippen LogP contribution in [0.15, 0.2) is 47.5 Å². The number of methoxy groups -OCH3 is 1. The lowest BCUT2D eigenvalue weighted by Crippen LogP contribution is -1.84. The van der Waals surface area contributed by atoms with Gasteiger partial charge in [-0.1, -0.05) is 6.07 Å². The summed E-state index contributed by atoms with van der Waals surface area (Å²) in [6.45, 7) is 4.17. The van der Waals surface area contributed by atoms with Crippen LogP contribution in [0.5, 0.6) is 5.75 Å². The molecule has 0 aliphatic rings. The molecule has 0 amide bonds. The molecule has 0 aliphatic heterocycles. The number of benzene rings is 2. The quantitative estimate of drug-likeness (QED) is 0.740. The first-order valence-electron chi connectivity index (χ1n) is 5.94. The number of hydrogen-bond acceptors (Lipinski definition) is 2. The summed E-state index contributed by atoms with van der Waals surface area (Å²) in [7, 11) is 1.67. The molecule has 18 heavy (non-hydrogen) atoms. The van der Waals surface area contributed by atoms with E-state index in [9.17, 15) is 0 Å². The van der Waals surface area contributed by atoms with E-state index < -0.39 is 0 Å². The average Bonchev–Trinajstić information content (AvgIpc) is 2.36. The molecule has 2 rings (SSSR count). The molecular weight excluding hydrogens is 222 g/mol. The maximum atomic E-state index is 5.12. The van der Waals surface area contributed by atoms with E-state index in [2.05, 4.69) is 37.0 Å². The van der Waals surface area contributed by atoms with Gasteiger partial charge in [0.1, 0.15) is 5.75 Å². The molecule has 0 atom stereocenters. The van der Waals surface area contributed by atoms with Crippen molar-refractivity contribution in [3.63, 3.8) is 0 Å². The van der Waals surface area contributed by atoms with Gasteiger partial charge in [-0.15, -0.1) is 0 Å². The van der Waals surface area contributed by atoms with Crippen molar-refractivity contribution in [2.75, 3.05) is 7.11 Å². The molecule has 0 spiro atoms. The first-order chi connectivity index (χ1) is 8.67. The van der Waals surface area contributed by atoms with Crippen LogP contribution in [0.25, 0.3) is 0 Å². The molecule has 0 aromatic heterocycles. The first kappa shape index (κ1) is 12.4. The fourth-order valence-electron chi connectivity index (χ4n) is 1.86. The maximum Gasteiger partial charge on any atom is 0.118 e. The third-order valence-corrected chi connectivity index (χ3v) is 2.68. The lowest BCUT2D eigenvalue weighted by Gasteiger charge is -2.00. The lowest BCUT2D eigenvalue weighted by atomic mass is 10.1. The van der Waals surface area contributed by atoms with Crippen molar-refractivity contribution >= 4 is 11.9 Å². The standard InChI is InChI=1S/C16H17NO/c1-12-8-13(2)10-15(9-12)17-11-14-4-6-16(18-3)7-5-14/h4-11H,1-3H3. The molecule has 2 aromatic carbocycles. The van der Waals surface area contributed by atoms with Crippen molar-refractivity contribution in [1.82, 2.24) is 0 Å². The van der Waals surface area contributed by atoms with Gasteiger partial charge >= 0.3 is 0 Å². The molecule has 2 nitrogen and oxygen atoms in total. The summed E-state index contributed by atoms with van der Waals surface area (Å²) in [6.07, 6.45) is 1.87. The zero-order valence-electron chi connectivity index (χ0n) is 11.0. The minimum absolute atomic E-state index is 0.860. The van der Waals surface area contributed by atoms with Gasteiger partial charge in [0.15, 0.2) is 0 Å². The molecule has 0 saturated carbocycles. The highest BCUT2D eigenvalue weighted by Crippen LogP contribution is 2.17. The number of nitrogens with zero attached hydrogens (tertiary/aromatic N) is 1. The molecule has 92 valence electrons. The summed E-state index contributed by atoms with van der Waals surface area (Å²) in [5, 5.41) is 0. The topological polar surface area (TPSA) is 21.6 Å². The van der Waals surface area contributed by atoms with E-state index >= 15 is 0 Å². The van der Waals surface area contributed by atoms with Crippen LogP contribution in [0.2, 0.25) is 0 Å². The molecule has 0 bridgehead atoms. The van der Waals surface area contributed by atoms with Gasteiger partial charge in [-0.05, 0) is 66.9 Å². The van der Waals surface area contributed by atoms with E-state index in [4.69, 9.17) is 4.74 Å². The van der Waals surface area contributed by atoms with Gasteiger partial charge in [0.05, 0.1) is 12.8 Å². The van der Waals surface area contributed by atoms with Crippen LogP contribution in [0, 0.1) is 13.8 Å². The minimum Gasteiger partial charge on any atom is -0.497 e. The Labute approximate surface area is 108 Å². The van der Waals surface area contributed by atoms with Crippen LogP contribution >= 0.6 is 0 Å². The molecule has 0 heterocycles. The zero-order chi connectivity index (χ0) is 13.0. The van der Waals surface area contributed by atoms with Crippen LogP contribution in [-0.2, 0) is 0 Å². The number of hydrogen-bond donors (Lipinski definition) is 0. The smallest absolute Gasteiger partial charge is 0.118 e. The van der Waals surface area contributed by atoms with Crippen LogP contribution < -0.4 is 4.74 Å². The summed E-state index contributed by atoms with van der Waals surface area (Å²) in [4.78, 5) is 4.49. The van der Waals surface area contributed by atoms with E-state index in [-0.39, 0.29) is 0 Å². The Morgan fingerprint density at radius 2 is 1.56 bits per heavy atom. The van der Waals surface area contributed by atoms with Crippen molar-refractivity contribution in [3.8, 4) is 5.75 Å². The molecular formula is C16H17NO. The molecule has 2 heteroatoms. The second-order valence-corrected chi connectivity index (χ2v) is 4.38. The molecule has 0 unspecified atom stereocenters. The summed E-state index contributed by atoms with van der Waals surface area (Å²) >= 11 is 0. The minimum atomic E-state index is 0.860. The number of aryl methyl sites for hydroxylation is 2. The van der Waals surface area contributed by atoms with E-state index in [1.807, 2.05) is 30.5 Å². The fraction of sp³-hybridized carbons (Fsp3) is 0.188. The largest absolute Gasteiger partial charge is 0.497 e. The third kappa shape index (κ3) is 3.20. The van der Waals surface area contributed by atoms with Gasteiger partial charge < -0.3 is 4.74 Å². The normalized spacial score (nSPS) is 10.8. The summed E-state index contributed by atoms with van der Waals surface area (Å²) in [6, 6.07) is 14.1. The van der Waals surface area contributed by atoms with Crippen molar-refractivity contribution in [2.45, 2.75) is 13.8 Å². The molecule has 0 saturated heterocycles. The van der Waals surface area contributed by atoms with Gasteiger partial charge in [-0.2, -0.15) is 0 Å². The molecule has 0 aliphatic carbocycles. The number of aliphatic imine (C=N–C) groups is 1. The van der Waals surface area contributed by atoms with E-state index in [1.165, 1.54) is 11.1 Å². The molecule has 0 radical (unpaired) electrons. The highest BCUT2D eigenvalue weighted by atomic mass is 16.5. The van der Waals surface area contributed by atoms with Gasteiger partial charge in [0, 0.05) is 6.21 Å². The van der Waals surface area contributed by atoms with Gasteiger partial charge in [0.2, 0.25) is 0 Å². The summed E-state index contributed by atoms with van der Waals surface area (Å²) in [5.41, 5.74) is 4.52. The van der Waals surface area contributed by atoms with E-state index in [1.54, 1.807) is 7.11 Å². The predicted octanol–water partition coefficient (Wildman–Crippen LogP) is 4.06. The van der Waals surface area contributed by atoms with Gasteiger partial charge in [-0.3, -0.25) is 4.99 Å². The van der Waals surface area contributed by atoms with Gasteiger partial charge in [-0.25, -0.2) is 0 Å². The second-order valence-electron chi connectivity index (χ2n) is 4.38. The van der Waals surface area contributed by atoms with Crippen molar-refractivity contribution in [1.29, 1.82) is 0 Å².